The van der Waals surface area contributed by atoms with E-state index in [0.717, 1.165) is 19.3 Å². The summed E-state index contributed by atoms with van der Waals surface area (Å²) >= 11 is 0. The first-order valence-electron chi connectivity index (χ1n) is 17.6. The molecule has 0 atom stereocenters. The third kappa shape index (κ3) is 38.2. The summed E-state index contributed by atoms with van der Waals surface area (Å²) in [6, 6.07) is 0. The van der Waals surface area contributed by atoms with E-state index in [0.29, 0.717) is 13.0 Å². The van der Waals surface area contributed by atoms with Crippen LogP contribution in [-0.2, 0) is 9.53 Å². The van der Waals surface area contributed by atoms with Crippen LogP contribution in [0.25, 0.3) is 0 Å². The molecule has 228 valence electrons. The Labute approximate surface area is 269 Å². The van der Waals surface area contributed by atoms with E-state index in [4.69, 9.17) is 4.74 Å². The molecule has 0 N–H and O–H groups in total. The Morgan fingerprint density at radius 3 is 1.13 bits per heavy atom. The molecular weight excluding hydrogens is 487 g/mol. The van der Waals surface area contributed by atoms with Crippen molar-refractivity contribution in [3.63, 3.8) is 0 Å². The number of esters is 1. The predicted molar refractivity (Wildman–Crippen MR) is 177 cm³/mol. The Morgan fingerprint density at radius 1 is 0.436 bits per heavy atom. The number of carbonyl (C=O) groups is 1. The first-order chi connectivity index (χ1) is 18.8. The van der Waals surface area contributed by atoms with Crippen molar-refractivity contribution in [1.29, 1.82) is 0 Å². The van der Waals surface area contributed by atoms with Crippen LogP contribution in [0.3, 0.4) is 0 Å². The molecule has 0 bridgehead atoms. The van der Waals surface area contributed by atoms with Crippen LogP contribution >= 0.6 is 0 Å². The van der Waals surface area contributed by atoms with Gasteiger partial charge < -0.3 is 4.74 Å². The van der Waals surface area contributed by atoms with E-state index >= 15 is 0 Å². The maximum atomic E-state index is 11.9. The Kier molecular flexibility index (Phi) is 40.5. The molecule has 0 aromatic heterocycles. The topological polar surface area (TPSA) is 26.3 Å². The van der Waals surface area contributed by atoms with Crippen molar-refractivity contribution < 1.29 is 9.53 Å². The van der Waals surface area contributed by atoms with Gasteiger partial charge in [-0.3, -0.25) is 4.79 Å². The van der Waals surface area contributed by atoms with Crippen molar-refractivity contribution in [1.82, 2.24) is 0 Å². The van der Waals surface area contributed by atoms with E-state index in [9.17, 15) is 4.79 Å². The van der Waals surface area contributed by atoms with Crippen molar-refractivity contribution in [2.24, 2.45) is 0 Å². The quantitative estimate of drug-likeness (QED) is 0.0355. The number of rotatable bonds is 32. The molecule has 0 aromatic carbocycles. The van der Waals surface area contributed by atoms with Gasteiger partial charge in [-0.05, 0) is 38.5 Å². The van der Waals surface area contributed by atoms with Gasteiger partial charge in [-0.15, -0.1) is 0 Å². The van der Waals surface area contributed by atoms with Gasteiger partial charge in [-0.2, -0.15) is 0 Å². The summed E-state index contributed by atoms with van der Waals surface area (Å²) in [6.07, 6.45) is 44.1. The van der Waals surface area contributed by atoms with Crippen LogP contribution < -0.4 is 0 Å². The minimum absolute atomic E-state index is 0. The third-order valence-electron chi connectivity index (χ3n) is 7.90. The van der Waals surface area contributed by atoms with E-state index in [-0.39, 0.29) is 35.5 Å². The first-order valence-corrected chi connectivity index (χ1v) is 17.6. The van der Waals surface area contributed by atoms with Crippen LogP contribution in [-0.4, -0.2) is 42.1 Å². The van der Waals surface area contributed by atoms with Crippen molar-refractivity contribution in [2.75, 3.05) is 6.61 Å². The van der Waals surface area contributed by atoms with Crippen LogP contribution in [0.2, 0.25) is 0 Å². The fourth-order valence-corrected chi connectivity index (χ4v) is 5.25. The molecule has 0 aliphatic carbocycles. The Hall–Kier alpha value is 0.210. The molecule has 0 amide bonds. The monoisotopic (exact) mass is 559 g/mol. The van der Waals surface area contributed by atoms with Gasteiger partial charge in [-0.1, -0.05) is 174 Å². The Bertz CT molecular complexity index is 477. The molecular formula is C36H71NaO2. The van der Waals surface area contributed by atoms with Gasteiger partial charge in [0.25, 0.3) is 0 Å². The molecule has 0 aromatic rings. The number of ether oxygens (including phenoxy) is 1. The average Bonchev–Trinajstić information content (AvgIpc) is 2.92. The summed E-state index contributed by atoms with van der Waals surface area (Å²) in [6.45, 7) is 5.20. The standard InChI is InChI=1S/C36H70O2.Na.H/c1-3-5-7-9-11-13-15-17-19-21-23-25-27-29-31-33-35-38-36(37)34-32-30-28-26-24-22-20-18-16-14-12-10-8-6-4-2;;/h18,20H,3-17,19,21-35H2,1-2H3;;/b20-18-;;. The third-order valence-corrected chi connectivity index (χ3v) is 7.90. The minimum atomic E-state index is 0. The second kappa shape index (κ2) is 38.2. The summed E-state index contributed by atoms with van der Waals surface area (Å²) in [5.74, 6) is 0.0172. The number of hydrogen-bond acceptors (Lipinski definition) is 2. The van der Waals surface area contributed by atoms with E-state index in [1.807, 2.05) is 0 Å². The molecule has 3 heteroatoms. The van der Waals surface area contributed by atoms with Crippen molar-refractivity contribution in [3.8, 4) is 0 Å². The summed E-state index contributed by atoms with van der Waals surface area (Å²) in [4.78, 5) is 11.9. The predicted octanol–water partition coefficient (Wildman–Crippen LogP) is 12.2. The second-order valence-corrected chi connectivity index (χ2v) is 11.9. The van der Waals surface area contributed by atoms with Crippen molar-refractivity contribution in [3.05, 3.63) is 12.2 Å². The van der Waals surface area contributed by atoms with Gasteiger partial charge in [0, 0.05) is 6.42 Å². The zero-order valence-corrected chi connectivity index (χ0v) is 26.4. The molecule has 39 heavy (non-hydrogen) atoms. The fraction of sp³-hybridized carbons (Fsp3) is 0.917. The van der Waals surface area contributed by atoms with Crippen LogP contribution in [0.4, 0.5) is 0 Å². The molecule has 0 spiro atoms. The molecule has 0 radical (unpaired) electrons. The molecule has 2 nitrogen and oxygen atoms in total. The van der Waals surface area contributed by atoms with Gasteiger partial charge in [0.1, 0.15) is 0 Å². The van der Waals surface area contributed by atoms with Crippen molar-refractivity contribution in [2.45, 2.75) is 206 Å². The zero-order chi connectivity index (χ0) is 27.6. The first kappa shape index (κ1) is 41.3. The maximum absolute atomic E-state index is 11.9. The zero-order valence-electron chi connectivity index (χ0n) is 26.4. The molecule has 0 saturated carbocycles. The van der Waals surface area contributed by atoms with Crippen LogP contribution in [0, 0.1) is 0 Å². The summed E-state index contributed by atoms with van der Waals surface area (Å²) < 4.78 is 5.43. The molecule has 0 fully saturated rings. The average molecular weight is 559 g/mol. The van der Waals surface area contributed by atoms with Gasteiger partial charge in [-0.25, -0.2) is 0 Å². The number of hydrogen-bond donors (Lipinski definition) is 0. The summed E-state index contributed by atoms with van der Waals surface area (Å²) in [7, 11) is 0. The van der Waals surface area contributed by atoms with Crippen molar-refractivity contribution >= 4 is 35.5 Å². The summed E-state index contributed by atoms with van der Waals surface area (Å²) in [5.41, 5.74) is 0. The second-order valence-electron chi connectivity index (χ2n) is 11.9. The summed E-state index contributed by atoms with van der Waals surface area (Å²) in [5, 5.41) is 0. The molecule has 0 aliphatic rings. The molecule has 0 heterocycles. The number of unbranched alkanes of at least 4 members (excludes halogenated alkanes) is 26. The van der Waals surface area contributed by atoms with Crippen LogP contribution in [0.5, 0.6) is 0 Å². The molecule has 0 rings (SSSR count). The van der Waals surface area contributed by atoms with Gasteiger partial charge >= 0.3 is 35.5 Å². The van der Waals surface area contributed by atoms with Crippen LogP contribution in [0.15, 0.2) is 12.2 Å². The molecule has 0 aliphatic heterocycles. The fourth-order valence-electron chi connectivity index (χ4n) is 5.25. The van der Waals surface area contributed by atoms with Gasteiger partial charge in [0.15, 0.2) is 0 Å². The Morgan fingerprint density at radius 2 is 0.744 bits per heavy atom. The molecule has 0 unspecified atom stereocenters. The van der Waals surface area contributed by atoms with E-state index in [1.165, 1.54) is 167 Å². The van der Waals surface area contributed by atoms with E-state index < -0.39 is 0 Å². The van der Waals surface area contributed by atoms with Gasteiger partial charge in [0.2, 0.25) is 0 Å². The Balaban J connectivity index is 0. The SMILES string of the molecule is CCCCCCCC/C=C\CCCCCCCC(=O)OCCCCCCCCCCCCCCCCCC.[NaH]. The normalized spacial score (nSPS) is 11.2. The number of allylic oxidation sites excluding steroid dienone is 2. The van der Waals surface area contributed by atoms with E-state index in [1.54, 1.807) is 0 Å². The van der Waals surface area contributed by atoms with E-state index in [2.05, 4.69) is 26.0 Å². The van der Waals surface area contributed by atoms with Crippen LogP contribution in [0.1, 0.15) is 206 Å². The van der Waals surface area contributed by atoms with Gasteiger partial charge in [0.05, 0.1) is 6.61 Å². The number of carbonyl (C=O) groups excluding carboxylic acids is 1. The molecule has 0 saturated heterocycles.